The Morgan fingerprint density at radius 3 is 2.32 bits per heavy atom. The molecule has 0 unspecified atom stereocenters. The number of amides is 2. The lowest BCUT2D eigenvalue weighted by atomic mass is 9.85. The van der Waals surface area contributed by atoms with E-state index < -0.39 is 18.6 Å². The molecule has 6 nitrogen and oxygen atoms in total. The molecule has 0 aromatic rings. The van der Waals surface area contributed by atoms with Crippen molar-refractivity contribution in [2.45, 2.75) is 12.5 Å². The SMILES string of the molecule is COC(=O)[C@H](CO)N1C(=O)[C@@H]2[C@H](C1=O)[C@H]1C=C[C@H]2C1. The highest BCUT2D eigenvalue weighted by Gasteiger charge is 2.61. The van der Waals surface area contributed by atoms with Gasteiger partial charge in [-0.3, -0.25) is 14.5 Å². The molecule has 1 saturated heterocycles. The quantitative estimate of drug-likeness (QED) is 0.415. The number of carbonyl (C=O) groups is 3. The van der Waals surface area contributed by atoms with E-state index in [0.29, 0.717) is 0 Å². The van der Waals surface area contributed by atoms with E-state index >= 15 is 0 Å². The number of rotatable bonds is 3. The minimum absolute atomic E-state index is 0.0911. The van der Waals surface area contributed by atoms with Gasteiger partial charge in [-0.2, -0.15) is 0 Å². The number of fused-ring (bicyclic) bond motifs is 5. The zero-order valence-electron chi connectivity index (χ0n) is 10.5. The molecule has 5 atom stereocenters. The Labute approximate surface area is 110 Å². The fourth-order valence-corrected chi connectivity index (χ4v) is 3.63. The third kappa shape index (κ3) is 1.49. The molecule has 0 aromatic carbocycles. The summed E-state index contributed by atoms with van der Waals surface area (Å²) in [5.41, 5.74) is 0. The van der Waals surface area contributed by atoms with Crippen LogP contribution in [0.3, 0.4) is 0 Å². The molecule has 19 heavy (non-hydrogen) atoms. The van der Waals surface area contributed by atoms with E-state index in [4.69, 9.17) is 0 Å². The number of carbonyl (C=O) groups excluding carboxylic acids is 3. The normalized spacial score (nSPS) is 36.8. The van der Waals surface area contributed by atoms with E-state index in [1.165, 1.54) is 7.11 Å². The van der Waals surface area contributed by atoms with Crippen LogP contribution in [0.2, 0.25) is 0 Å². The van der Waals surface area contributed by atoms with Crippen LogP contribution in [0, 0.1) is 23.7 Å². The summed E-state index contributed by atoms with van der Waals surface area (Å²) in [6, 6.07) is -1.21. The minimum atomic E-state index is -1.21. The molecule has 0 radical (unpaired) electrons. The first-order valence-electron chi connectivity index (χ1n) is 6.34. The van der Waals surface area contributed by atoms with Crippen molar-refractivity contribution in [2.75, 3.05) is 13.7 Å². The summed E-state index contributed by atoms with van der Waals surface area (Å²) in [5.74, 6) is -2.00. The summed E-state index contributed by atoms with van der Waals surface area (Å²) in [6.45, 7) is -0.605. The molecule has 2 fully saturated rings. The number of methoxy groups -OCH3 is 1. The lowest BCUT2D eigenvalue weighted by Crippen LogP contribution is -2.48. The van der Waals surface area contributed by atoms with Gasteiger partial charge in [0.25, 0.3) is 0 Å². The number of hydrogen-bond donors (Lipinski definition) is 1. The fourth-order valence-electron chi connectivity index (χ4n) is 3.63. The average molecular weight is 265 g/mol. The van der Waals surface area contributed by atoms with Gasteiger partial charge in [0, 0.05) is 0 Å². The van der Waals surface area contributed by atoms with Gasteiger partial charge in [-0.05, 0) is 18.3 Å². The summed E-state index contributed by atoms with van der Waals surface area (Å²) in [4.78, 5) is 37.2. The van der Waals surface area contributed by atoms with E-state index in [-0.39, 0.29) is 35.5 Å². The predicted molar refractivity (Wildman–Crippen MR) is 62.5 cm³/mol. The average Bonchev–Trinajstić information content (AvgIpc) is 3.07. The third-order valence-electron chi connectivity index (χ3n) is 4.46. The Morgan fingerprint density at radius 1 is 1.37 bits per heavy atom. The van der Waals surface area contributed by atoms with E-state index in [1.807, 2.05) is 12.2 Å². The molecule has 0 spiro atoms. The number of likely N-dealkylation sites (tertiary alicyclic amines) is 1. The van der Waals surface area contributed by atoms with E-state index in [0.717, 1.165) is 11.3 Å². The van der Waals surface area contributed by atoms with Crippen LogP contribution >= 0.6 is 0 Å². The summed E-state index contributed by atoms with van der Waals surface area (Å²) in [5, 5.41) is 9.27. The van der Waals surface area contributed by atoms with Crippen LogP contribution < -0.4 is 0 Å². The molecule has 3 rings (SSSR count). The Kier molecular flexibility index (Phi) is 2.70. The monoisotopic (exact) mass is 265 g/mol. The fraction of sp³-hybridized carbons (Fsp3) is 0.615. The number of allylic oxidation sites excluding steroid dienone is 2. The van der Waals surface area contributed by atoms with Crippen LogP contribution in [0.25, 0.3) is 0 Å². The highest BCUT2D eigenvalue weighted by Crippen LogP contribution is 2.52. The van der Waals surface area contributed by atoms with Gasteiger partial charge in [-0.1, -0.05) is 12.2 Å². The molecule has 1 N–H and O–H groups in total. The molecule has 2 aliphatic carbocycles. The summed E-state index contributed by atoms with van der Waals surface area (Å²) in [6.07, 6.45) is 4.79. The van der Waals surface area contributed by atoms with E-state index in [1.54, 1.807) is 0 Å². The zero-order valence-corrected chi connectivity index (χ0v) is 10.5. The molecule has 2 amide bonds. The predicted octanol–water partition coefficient (Wildman–Crippen LogP) is -0.673. The third-order valence-corrected chi connectivity index (χ3v) is 4.46. The number of hydrogen-bond acceptors (Lipinski definition) is 5. The van der Waals surface area contributed by atoms with E-state index in [9.17, 15) is 19.5 Å². The maximum Gasteiger partial charge on any atom is 0.331 e. The highest BCUT2D eigenvalue weighted by atomic mass is 16.5. The lowest BCUT2D eigenvalue weighted by Gasteiger charge is -2.23. The van der Waals surface area contributed by atoms with Gasteiger partial charge >= 0.3 is 5.97 Å². The van der Waals surface area contributed by atoms with Crippen molar-refractivity contribution < 1.29 is 24.2 Å². The molecule has 1 heterocycles. The number of esters is 1. The van der Waals surface area contributed by atoms with Gasteiger partial charge < -0.3 is 9.84 Å². The number of imide groups is 1. The van der Waals surface area contributed by atoms with Crippen LogP contribution in [0.4, 0.5) is 0 Å². The lowest BCUT2D eigenvalue weighted by molar-refractivity contribution is -0.159. The minimum Gasteiger partial charge on any atom is -0.467 e. The summed E-state index contributed by atoms with van der Waals surface area (Å²) < 4.78 is 4.54. The molecule has 6 heteroatoms. The van der Waals surface area contributed by atoms with Gasteiger partial charge in [0.05, 0.1) is 25.6 Å². The van der Waals surface area contributed by atoms with Crippen molar-refractivity contribution in [1.82, 2.24) is 4.90 Å². The molecule has 2 bridgehead atoms. The van der Waals surface area contributed by atoms with Crippen LogP contribution in [0.5, 0.6) is 0 Å². The summed E-state index contributed by atoms with van der Waals surface area (Å²) in [7, 11) is 1.17. The second kappa shape index (κ2) is 4.16. The number of ether oxygens (including phenoxy) is 1. The van der Waals surface area contributed by atoms with Gasteiger partial charge in [-0.15, -0.1) is 0 Å². The topological polar surface area (TPSA) is 83.9 Å². The van der Waals surface area contributed by atoms with Crippen molar-refractivity contribution >= 4 is 17.8 Å². The van der Waals surface area contributed by atoms with Crippen molar-refractivity contribution in [1.29, 1.82) is 0 Å². The van der Waals surface area contributed by atoms with Crippen LogP contribution in [-0.4, -0.2) is 47.5 Å². The first-order valence-corrected chi connectivity index (χ1v) is 6.34. The number of aliphatic hydroxyl groups is 1. The van der Waals surface area contributed by atoms with Gasteiger partial charge in [0.2, 0.25) is 11.8 Å². The smallest absolute Gasteiger partial charge is 0.331 e. The molecular weight excluding hydrogens is 250 g/mol. The summed E-state index contributed by atoms with van der Waals surface area (Å²) >= 11 is 0. The van der Waals surface area contributed by atoms with Gasteiger partial charge in [-0.25, -0.2) is 4.79 Å². The van der Waals surface area contributed by atoms with Crippen molar-refractivity contribution in [3.05, 3.63) is 12.2 Å². The van der Waals surface area contributed by atoms with Crippen molar-refractivity contribution in [3.8, 4) is 0 Å². The molecule has 1 saturated carbocycles. The first kappa shape index (κ1) is 12.3. The van der Waals surface area contributed by atoms with Crippen LogP contribution in [-0.2, 0) is 19.1 Å². The Bertz CT molecular complexity index is 455. The van der Waals surface area contributed by atoms with Crippen molar-refractivity contribution in [2.24, 2.45) is 23.7 Å². The molecular formula is C13H15NO5. The zero-order chi connectivity index (χ0) is 13.7. The van der Waals surface area contributed by atoms with E-state index in [2.05, 4.69) is 4.74 Å². The molecule has 102 valence electrons. The molecule has 1 aliphatic heterocycles. The largest absolute Gasteiger partial charge is 0.467 e. The highest BCUT2D eigenvalue weighted by molar-refractivity contribution is 6.08. The van der Waals surface area contributed by atoms with Crippen LogP contribution in [0.1, 0.15) is 6.42 Å². The maximum absolute atomic E-state index is 12.4. The standard InChI is InChI=1S/C13H15NO5/c1-19-13(18)8(5-15)14-11(16)9-6-2-3-7(4-6)10(9)12(14)17/h2-3,6-10,15H,4-5H2,1H3/t6-,7-,8-,9-,10+/m0/s1. The van der Waals surface area contributed by atoms with Crippen LogP contribution in [0.15, 0.2) is 12.2 Å². The second-order valence-electron chi connectivity index (χ2n) is 5.27. The van der Waals surface area contributed by atoms with Gasteiger partial charge in [0.1, 0.15) is 0 Å². The number of aliphatic hydroxyl groups excluding tert-OH is 1. The Balaban J connectivity index is 1.91. The Morgan fingerprint density at radius 2 is 1.89 bits per heavy atom. The first-order chi connectivity index (χ1) is 9.10. The number of nitrogens with zero attached hydrogens (tertiary/aromatic N) is 1. The molecule has 3 aliphatic rings. The second-order valence-corrected chi connectivity index (χ2v) is 5.27. The maximum atomic E-state index is 12.4. The Hall–Kier alpha value is -1.69. The van der Waals surface area contributed by atoms with Gasteiger partial charge in [0.15, 0.2) is 6.04 Å². The molecule has 0 aromatic heterocycles. The van der Waals surface area contributed by atoms with Crippen molar-refractivity contribution in [3.63, 3.8) is 0 Å².